The van der Waals surface area contributed by atoms with Crippen LogP contribution in [0.3, 0.4) is 0 Å². The lowest BCUT2D eigenvalue weighted by atomic mass is 10.1. The molecule has 1 N–H and O–H groups in total. The third-order valence-corrected chi connectivity index (χ3v) is 2.53. The summed E-state index contributed by atoms with van der Waals surface area (Å²) in [6, 6.07) is 0. The predicted octanol–water partition coefficient (Wildman–Crippen LogP) is 1.35. The van der Waals surface area contributed by atoms with Crippen molar-refractivity contribution in [2.75, 3.05) is 26.2 Å². The molecule has 2 nitrogen and oxygen atoms in total. The number of rotatable bonds is 4. The fourth-order valence-corrected chi connectivity index (χ4v) is 2.01. The van der Waals surface area contributed by atoms with Gasteiger partial charge < -0.3 is 10.0 Å². The van der Waals surface area contributed by atoms with Crippen LogP contribution in [0.4, 0.5) is 0 Å². The molecule has 0 amide bonds. The van der Waals surface area contributed by atoms with Crippen LogP contribution in [0.25, 0.3) is 0 Å². The molecule has 0 spiro atoms. The molecule has 2 heteroatoms. The molecule has 1 heterocycles. The third-order valence-electron chi connectivity index (χ3n) is 2.53. The number of hydrogen-bond donors (Lipinski definition) is 1. The van der Waals surface area contributed by atoms with E-state index in [0.717, 1.165) is 18.3 Å². The molecule has 1 aliphatic heterocycles. The molecular formula is C10H21NO. The van der Waals surface area contributed by atoms with Crippen LogP contribution < -0.4 is 0 Å². The van der Waals surface area contributed by atoms with Crippen LogP contribution in [0.2, 0.25) is 0 Å². The Morgan fingerprint density at radius 1 is 1.50 bits per heavy atom. The van der Waals surface area contributed by atoms with Crippen LogP contribution in [-0.4, -0.2) is 36.2 Å². The van der Waals surface area contributed by atoms with Crippen molar-refractivity contribution in [1.29, 1.82) is 0 Å². The van der Waals surface area contributed by atoms with Crippen LogP contribution in [0.1, 0.15) is 26.7 Å². The van der Waals surface area contributed by atoms with Gasteiger partial charge >= 0.3 is 0 Å². The van der Waals surface area contributed by atoms with Gasteiger partial charge in [0.25, 0.3) is 0 Å². The van der Waals surface area contributed by atoms with Gasteiger partial charge in [0.1, 0.15) is 0 Å². The highest BCUT2D eigenvalue weighted by Gasteiger charge is 2.21. The molecule has 0 aromatic rings. The molecule has 12 heavy (non-hydrogen) atoms. The first-order valence-corrected chi connectivity index (χ1v) is 5.05. The summed E-state index contributed by atoms with van der Waals surface area (Å²) in [5, 5.41) is 8.78. The topological polar surface area (TPSA) is 23.5 Å². The Labute approximate surface area is 75.6 Å². The lowest BCUT2D eigenvalue weighted by Gasteiger charge is -2.17. The zero-order chi connectivity index (χ0) is 8.97. The molecule has 0 bridgehead atoms. The Morgan fingerprint density at radius 2 is 2.25 bits per heavy atom. The average Bonchev–Trinajstić information content (AvgIpc) is 2.36. The number of likely N-dealkylation sites (tertiary alicyclic amines) is 1. The first-order chi connectivity index (χ1) is 5.72. The van der Waals surface area contributed by atoms with Crippen molar-refractivity contribution in [1.82, 2.24) is 4.90 Å². The van der Waals surface area contributed by atoms with Gasteiger partial charge in [-0.2, -0.15) is 0 Å². The Kier molecular flexibility index (Phi) is 4.02. The van der Waals surface area contributed by atoms with E-state index >= 15 is 0 Å². The average molecular weight is 171 g/mol. The van der Waals surface area contributed by atoms with Crippen LogP contribution in [0.15, 0.2) is 0 Å². The van der Waals surface area contributed by atoms with Gasteiger partial charge in [-0.1, -0.05) is 13.8 Å². The monoisotopic (exact) mass is 171 g/mol. The summed E-state index contributed by atoms with van der Waals surface area (Å²) in [6.45, 7) is 8.56. The number of nitrogens with zero attached hydrogens (tertiary/aromatic N) is 1. The van der Waals surface area contributed by atoms with Gasteiger partial charge in [0.15, 0.2) is 0 Å². The molecule has 1 saturated heterocycles. The van der Waals surface area contributed by atoms with Crippen molar-refractivity contribution in [3.8, 4) is 0 Å². The maximum absolute atomic E-state index is 8.78. The van der Waals surface area contributed by atoms with E-state index in [9.17, 15) is 0 Å². The van der Waals surface area contributed by atoms with Gasteiger partial charge in [-0.3, -0.25) is 0 Å². The van der Waals surface area contributed by atoms with Crippen molar-refractivity contribution >= 4 is 0 Å². The van der Waals surface area contributed by atoms with E-state index in [1.54, 1.807) is 0 Å². The van der Waals surface area contributed by atoms with Crippen molar-refractivity contribution in [2.24, 2.45) is 11.8 Å². The third kappa shape index (κ3) is 3.11. The minimum atomic E-state index is 0.361. The Hall–Kier alpha value is -0.0800. The highest BCUT2D eigenvalue weighted by Crippen LogP contribution is 2.19. The molecule has 1 aliphatic rings. The minimum Gasteiger partial charge on any atom is -0.396 e. The number of aliphatic hydroxyl groups is 1. The maximum Gasteiger partial charge on any atom is 0.0434 e. The first-order valence-electron chi connectivity index (χ1n) is 5.05. The van der Waals surface area contributed by atoms with Crippen LogP contribution in [-0.2, 0) is 0 Å². The fourth-order valence-electron chi connectivity index (χ4n) is 2.01. The molecule has 0 aromatic heterocycles. The lowest BCUT2D eigenvalue weighted by molar-refractivity contribution is 0.244. The molecule has 1 atom stereocenters. The van der Waals surface area contributed by atoms with Crippen molar-refractivity contribution in [2.45, 2.75) is 26.7 Å². The molecule has 72 valence electrons. The maximum atomic E-state index is 8.78. The van der Waals surface area contributed by atoms with E-state index in [1.807, 2.05) is 0 Å². The first kappa shape index (κ1) is 10.0. The lowest BCUT2D eigenvalue weighted by Crippen LogP contribution is -2.25. The van der Waals surface area contributed by atoms with Crippen LogP contribution >= 0.6 is 0 Å². The quantitative estimate of drug-likeness (QED) is 0.690. The van der Waals surface area contributed by atoms with E-state index in [1.165, 1.54) is 26.1 Å². The van der Waals surface area contributed by atoms with E-state index in [0.29, 0.717) is 6.61 Å². The van der Waals surface area contributed by atoms with Crippen molar-refractivity contribution in [3.05, 3.63) is 0 Å². The minimum absolute atomic E-state index is 0.361. The summed E-state index contributed by atoms with van der Waals surface area (Å²) >= 11 is 0. The second-order valence-electron chi connectivity index (χ2n) is 4.32. The molecule has 1 rings (SSSR count). The summed E-state index contributed by atoms with van der Waals surface area (Å²) < 4.78 is 0. The second-order valence-corrected chi connectivity index (χ2v) is 4.32. The molecule has 0 aromatic carbocycles. The number of hydrogen-bond acceptors (Lipinski definition) is 2. The van der Waals surface area contributed by atoms with Crippen molar-refractivity contribution < 1.29 is 5.11 Å². The van der Waals surface area contributed by atoms with Gasteiger partial charge in [0, 0.05) is 19.7 Å². The van der Waals surface area contributed by atoms with E-state index in [4.69, 9.17) is 5.11 Å². The highest BCUT2D eigenvalue weighted by atomic mass is 16.3. The number of aliphatic hydroxyl groups excluding tert-OH is 1. The summed E-state index contributed by atoms with van der Waals surface area (Å²) in [6.07, 6.45) is 2.28. The zero-order valence-electron chi connectivity index (χ0n) is 8.29. The van der Waals surface area contributed by atoms with Gasteiger partial charge in [-0.25, -0.2) is 0 Å². The molecular weight excluding hydrogens is 150 g/mol. The van der Waals surface area contributed by atoms with E-state index in [-0.39, 0.29) is 0 Å². The molecule has 1 fully saturated rings. The van der Waals surface area contributed by atoms with Gasteiger partial charge in [0.05, 0.1) is 0 Å². The Balaban J connectivity index is 2.16. The molecule has 1 unspecified atom stereocenters. The smallest absolute Gasteiger partial charge is 0.0434 e. The van der Waals surface area contributed by atoms with E-state index in [2.05, 4.69) is 18.7 Å². The second kappa shape index (κ2) is 4.83. The highest BCUT2D eigenvalue weighted by molar-refractivity contribution is 4.75. The Morgan fingerprint density at radius 3 is 2.83 bits per heavy atom. The normalized spacial score (nSPS) is 25.5. The van der Waals surface area contributed by atoms with Gasteiger partial charge in [-0.15, -0.1) is 0 Å². The SMILES string of the molecule is CC(C)CN1CCC(CCO)C1. The van der Waals surface area contributed by atoms with Gasteiger partial charge in [0.2, 0.25) is 0 Å². The summed E-state index contributed by atoms with van der Waals surface area (Å²) in [5.41, 5.74) is 0. The fraction of sp³-hybridized carbons (Fsp3) is 1.00. The summed E-state index contributed by atoms with van der Waals surface area (Å²) in [7, 11) is 0. The zero-order valence-corrected chi connectivity index (χ0v) is 8.29. The van der Waals surface area contributed by atoms with E-state index < -0.39 is 0 Å². The molecule has 0 saturated carbocycles. The standard InChI is InChI=1S/C10H21NO/c1-9(2)7-11-5-3-10(8-11)4-6-12/h9-10,12H,3-8H2,1-2H3. The molecule has 0 radical (unpaired) electrons. The van der Waals surface area contributed by atoms with Gasteiger partial charge in [-0.05, 0) is 31.2 Å². The summed E-state index contributed by atoms with van der Waals surface area (Å²) in [4.78, 5) is 2.52. The summed E-state index contributed by atoms with van der Waals surface area (Å²) in [5.74, 6) is 1.53. The predicted molar refractivity (Wildman–Crippen MR) is 51.1 cm³/mol. The van der Waals surface area contributed by atoms with Crippen LogP contribution in [0, 0.1) is 11.8 Å². The largest absolute Gasteiger partial charge is 0.396 e. The Bertz CT molecular complexity index is 125. The van der Waals surface area contributed by atoms with Crippen molar-refractivity contribution in [3.63, 3.8) is 0 Å². The van der Waals surface area contributed by atoms with Crippen LogP contribution in [0.5, 0.6) is 0 Å². The molecule has 0 aliphatic carbocycles.